The molecular formula is C17H25NO4. The smallest absolute Gasteiger partial charge is 0.170 e. The van der Waals surface area contributed by atoms with Gasteiger partial charge in [0.25, 0.3) is 0 Å². The molecule has 1 aromatic rings. The molecule has 1 aromatic carbocycles. The van der Waals surface area contributed by atoms with Crippen molar-refractivity contribution in [3.05, 3.63) is 17.7 Å². The van der Waals surface area contributed by atoms with Gasteiger partial charge < -0.3 is 19.5 Å². The second-order valence-electron chi connectivity index (χ2n) is 5.65. The zero-order valence-electron chi connectivity index (χ0n) is 13.4. The summed E-state index contributed by atoms with van der Waals surface area (Å²) in [6.45, 7) is 3.23. The van der Waals surface area contributed by atoms with Crippen molar-refractivity contribution in [1.82, 2.24) is 4.90 Å². The molecule has 0 aliphatic carbocycles. The number of carbonyl (C=O) groups is 1. The van der Waals surface area contributed by atoms with E-state index in [0.29, 0.717) is 23.5 Å². The molecule has 0 radical (unpaired) electrons. The average molecular weight is 307 g/mol. The van der Waals surface area contributed by atoms with Gasteiger partial charge in [-0.3, -0.25) is 4.79 Å². The average Bonchev–Trinajstić information content (AvgIpc) is 2.54. The quantitative estimate of drug-likeness (QED) is 0.785. The lowest BCUT2D eigenvalue weighted by molar-refractivity contribution is 0.0967. The molecule has 5 nitrogen and oxygen atoms in total. The van der Waals surface area contributed by atoms with Gasteiger partial charge in [0.1, 0.15) is 22.8 Å². The molecular weight excluding hydrogens is 282 g/mol. The lowest BCUT2D eigenvalue weighted by Crippen LogP contribution is -2.30. The molecule has 122 valence electrons. The molecule has 0 aromatic heterocycles. The number of ether oxygens (including phenoxy) is 2. The highest BCUT2D eigenvalue weighted by molar-refractivity contribution is 6.01. The van der Waals surface area contributed by atoms with Crippen LogP contribution in [0.15, 0.2) is 12.1 Å². The SMILES string of the molecule is COc1cc(O)cc(OC)c1C(=O)CCCN1CCCCC1. The Kier molecular flexibility index (Phi) is 6.07. The Bertz CT molecular complexity index is 484. The Labute approximate surface area is 131 Å². The Morgan fingerprint density at radius 2 is 1.73 bits per heavy atom. The number of Topliss-reactive ketones (excluding diaryl/α,β-unsaturated/α-hetero) is 1. The minimum Gasteiger partial charge on any atom is -0.508 e. The minimum atomic E-state index is -0.00860. The number of benzene rings is 1. The van der Waals surface area contributed by atoms with E-state index in [-0.39, 0.29) is 11.5 Å². The highest BCUT2D eigenvalue weighted by atomic mass is 16.5. The van der Waals surface area contributed by atoms with Crippen molar-refractivity contribution in [2.75, 3.05) is 33.9 Å². The number of nitrogens with zero attached hydrogens (tertiary/aromatic N) is 1. The summed E-state index contributed by atoms with van der Waals surface area (Å²) in [5, 5.41) is 9.63. The minimum absolute atomic E-state index is 0.00860. The van der Waals surface area contributed by atoms with Crippen LogP contribution in [0, 0.1) is 0 Å². The maximum atomic E-state index is 12.5. The number of piperidine rings is 1. The molecule has 1 fully saturated rings. The van der Waals surface area contributed by atoms with E-state index >= 15 is 0 Å². The third kappa shape index (κ3) is 4.13. The number of ketones is 1. The molecule has 0 bridgehead atoms. The molecule has 1 heterocycles. The van der Waals surface area contributed by atoms with Gasteiger partial charge in [-0.25, -0.2) is 0 Å². The van der Waals surface area contributed by atoms with Gasteiger partial charge in [-0.05, 0) is 38.9 Å². The van der Waals surface area contributed by atoms with Crippen molar-refractivity contribution in [3.63, 3.8) is 0 Å². The summed E-state index contributed by atoms with van der Waals surface area (Å²) in [4.78, 5) is 14.9. The summed E-state index contributed by atoms with van der Waals surface area (Å²) in [5.74, 6) is 0.740. The highest BCUT2D eigenvalue weighted by Gasteiger charge is 2.20. The molecule has 0 saturated carbocycles. The first-order chi connectivity index (χ1) is 10.7. The van der Waals surface area contributed by atoms with Crippen molar-refractivity contribution < 1.29 is 19.4 Å². The van der Waals surface area contributed by atoms with Gasteiger partial charge in [0, 0.05) is 18.6 Å². The van der Waals surface area contributed by atoms with Gasteiger partial charge in [-0.15, -0.1) is 0 Å². The second-order valence-corrected chi connectivity index (χ2v) is 5.65. The highest BCUT2D eigenvalue weighted by Crippen LogP contribution is 2.34. The van der Waals surface area contributed by atoms with Crippen LogP contribution in [0.5, 0.6) is 17.2 Å². The molecule has 1 saturated heterocycles. The first-order valence-electron chi connectivity index (χ1n) is 7.86. The van der Waals surface area contributed by atoms with Gasteiger partial charge in [0.05, 0.1) is 14.2 Å². The van der Waals surface area contributed by atoms with Gasteiger partial charge in [0.2, 0.25) is 0 Å². The molecule has 2 rings (SSSR count). The maximum Gasteiger partial charge on any atom is 0.170 e. The van der Waals surface area contributed by atoms with E-state index in [1.54, 1.807) is 0 Å². The largest absolute Gasteiger partial charge is 0.508 e. The topological polar surface area (TPSA) is 59.0 Å². The van der Waals surface area contributed by atoms with Crippen LogP contribution < -0.4 is 9.47 Å². The summed E-state index contributed by atoms with van der Waals surface area (Å²) in [6.07, 6.45) is 5.11. The fourth-order valence-corrected chi connectivity index (χ4v) is 2.94. The van der Waals surface area contributed by atoms with E-state index in [0.717, 1.165) is 26.1 Å². The summed E-state index contributed by atoms with van der Waals surface area (Å²) < 4.78 is 10.4. The van der Waals surface area contributed by atoms with Crippen LogP contribution in [0.25, 0.3) is 0 Å². The summed E-state index contributed by atoms with van der Waals surface area (Å²) in [7, 11) is 2.97. The van der Waals surface area contributed by atoms with Crippen molar-refractivity contribution in [3.8, 4) is 17.2 Å². The molecule has 5 heteroatoms. The zero-order valence-corrected chi connectivity index (χ0v) is 13.4. The first kappa shape index (κ1) is 16.6. The van der Waals surface area contributed by atoms with Crippen molar-refractivity contribution in [1.29, 1.82) is 0 Å². The summed E-state index contributed by atoms with van der Waals surface area (Å²) in [5.41, 5.74) is 0.418. The van der Waals surface area contributed by atoms with E-state index in [4.69, 9.17) is 9.47 Å². The maximum absolute atomic E-state index is 12.5. The van der Waals surface area contributed by atoms with E-state index in [1.165, 1.54) is 45.6 Å². The molecule has 1 aliphatic rings. The molecule has 1 N–H and O–H groups in total. The lowest BCUT2D eigenvalue weighted by Gasteiger charge is -2.26. The van der Waals surface area contributed by atoms with Crippen LogP contribution >= 0.6 is 0 Å². The fourth-order valence-electron chi connectivity index (χ4n) is 2.94. The Hall–Kier alpha value is -1.75. The number of hydrogen-bond acceptors (Lipinski definition) is 5. The van der Waals surface area contributed by atoms with E-state index < -0.39 is 0 Å². The fraction of sp³-hybridized carbons (Fsp3) is 0.588. The lowest BCUT2D eigenvalue weighted by atomic mass is 10.0. The number of rotatable bonds is 7. The normalized spacial score (nSPS) is 15.5. The Morgan fingerprint density at radius 1 is 1.14 bits per heavy atom. The van der Waals surface area contributed by atoms with Crippen molar-refractivity contribution in [2.45, 2.75) is 32.1 Å². The van der Waals surface area contributed by atoms with Crippen LogP contribution in [0.3, 0.4) is 0 Å². The summed E-state index contributed by atoms with van der Waals surface area (Å²) in [6, 6.07) is 2.89. The first-order valence-corrected chi connectivity index (χ1v) is 7.86. The Balaban J connectivity index is 1.99. The van der Waals surface area contributed by atoms with Crippen molar-refractivity contribution in [2.24, 2.45) is 0 Å². The molecule has 0 unspecified atom stereocenters. The second kappa shape index (κ2) is 8.03. The van der Waals surface area contributed by atoms with Crippen LogP contribution in [0.1, 0.15) is 42.5 Å². The van der Waals surface area contributed by atoms with Crippen LogP contribution in [0.4, 0.5) is 0 Å². The number of carbonyl (C=O) groups excluding carboxylic acids is 1. The van der Waals surface area contributed by atoms with E-state index in [9.17, 15) is 9.90 Å². The zero-order chi connectivity index (χ0) is 15.9. The van der Waals surface area contributed by atoms with Gasteiger partial charge in [-0.2, -0.15) is 0 Å². The monoisotopic (exact) mass is 307 g/mol. The number of phenols is 1. The molecule has 0 amide bonds. The van der Waals surface area contributed by atoms with Gasteiger partial charge in [-0.1, -0.05) is 6.42 Å². The summed E-state index contributed by atoms with van der Waals surface area (Å²) >= 11 is 0. The predicted molar refractivity (Wildman–Crippen MR) is 85.1 cm³/mol. The van der Waals surface area contributed by atoms with Crippen molar-refractivity contribution >= 4 is 5.78 Å². The third-order valence-corrected chi connectivity index (χ3v) is 4.10. The number of likely N-dealkylation sites (tertiary alicyclic amines) is 1. The molecule has 22 heavy (non-hydrogen) atoms. The van der Waals surface area contributed by atoms with Crippen LogP contribution in [-0.2, 0) is 0 Å². The standard InChI is InChI=1S/C17H25NO4/c1-21-15-11-13(19)12-16(22-2)17(15)14(20)7-6-10-18-8-4-3-5-9-18/h11-12,19H,3-10H2,1-2H3. The van der Waals surface area contributed by atoms with E-state index in [2.05, 4.69) is 4.90 Å². The van der Waals surface area contributed by atoms with Crippen LogP contribution in [-0.4, -0.2) is 49.6 Å². The van der Waals surface area contributed by atoms with Gasteiger partial charge in [0.15, 0.2) is 5.78 Å². The number of phenolic OH excluding ortho intramolecular Hbond substituents is 1. The Morgan fingerprint density at radius 3 is 2.27 bits per heavy atom. The van der Waals surface area contributed by atoms with Crippen LogP contribution in [0.2, 0.25) is 0 Å². The number of hydrogen-bond donors (Lipinski definition) is 1. The molecule has 1 aliphatic heterocycles. The molecule has 0 spiro atoms. The number of aromatic hydroxyl groups is 1. The number of methoxy groups -OCH3 is 2. The molecule has 0 atom stereocenters. The third-order valence-electron chi connectivity index (χ3n) is 4.10. The van der Waals surface area contributed by atoms with E-state index in [1.807, 2.05) is 0 Å². The predicted octanol–water partition coefficient (Wildman–Crippen LogP) is 2.86. The van der Waals surface area contributed by atoms with Gasteiger partial charge >= 0.3 is 0 Å².